The monoisotopic (exact) mass is 350 g/mol. The van der Waals surface area contributed by atoms with Crippen LogP contribution in [0, 0.1) is 12.3 Å². The molecule has 2 rings (SSSR count). The minimum atomic E-state index is 0.393. The van der Waals surface area contributed by atoms with Gasteiger partial charge in [-0.25, -0.2) is 4.99 Å². The molecule has 25 heavy (non-hydrogen) atoms. The second kappa shape index (κ2) is 9.75. The Bertz CT molecular complexity index is 550. The molecule has 0 amide bonds. The van der Waals surface area contributed by atoms with Crippen molar-refractivity contribution in [3.63, 3.8) is 0 Å². The Morgan fingerprint density at radius 1 is 1.28 bits per heavy atom. The zero-order valence-corrected chi connectivity index (χ0v) is 16.3. The Hall–Kier alpha value is -1.63. The van der Waals surface area contributed by atoms with Gasteiger partial charge in [-0.3, -0.25) is 0 Å². The number of hydrogen-bond acceptors (Lipinski definition) is 4. The summed E-state index contributed by atoms with van der Waals surface area (Å²) in [6.45, 7) is 10.3. The van der Waals surface area contributed by atoms with Crippen molar-refractivity contribution in [2.75, 3.05) is 26.3 Å². The number of aliphatic imine (C=N–C) groups is 1. The van der Waals surface area contributed by atoms with E-state index >= 15 is 0 Å². The van der Waals surface area contributed by atoms with Crippen molar-refractivity contribution in [3.05, 3.63) is 11.6 Å². The van der Waals surface area contributed by atoms with Gasteiger partial charge in [0.1, 0.15) is 12.4 Å². The molecule has 1 aromatic rings. The molecule has 7 heteroatoms. The summed E-state index contributed by atoms with van der Waals surface area (Å²) < 4.78 is 7.51. The van der Waals surface area contributed by atoms with Gasteiger partial charge in [0.25, 0.3) is 0 Å². The van der Waals surface area contributed by atoms with E-state index in [0.29, 0.717) is 12.0 Å². The van der Waals surface area contributed by atoms with Crippen molar-refractivity contribution < 1.29 is 4.74 Å². The van der Waals surface area contributed by atoms with Crippen LogP contribution < -0.4 is 10.6 Å². The number of ether oxygens (including phenoxy) is 1. The summed E-state index contributed by atoms with van der Waals surface area (Å²) in [4.78, 5) is 4.71. The Balaban J connectivity index is 1.88. The lowest BCUT2D eigenvalue weighted by molar-refractivity contribution is 0.128. The molecule has 1 saturated carbocycles. The van der Waals surface area contributed by atoms with Crippen molar-refractivity contribution in [2.24, 2.45) is 17.5 Å². The van der Waals surface area contributed by atoms with E-state index in [0.717, 1.165) is 56.8 Å². The van der Waals surface area contributed by atoms with Gasteiger partial charge in [0.05, 0.1) is 0 Å². The molecule has 142 valence electrons. The SMILES string of the molecule is CCCCNC(=NCc1nnc(C)n1C)NCC1(CCOCC)CC1. The maximum Gasteiger partial charge on any atom is 0.191 e. The summed E-state index contributed by atoms with van der Waals surface area (Å²) in [5.74, 6) is 2.66. The van der Waals surface area contributed by atoms with Gasteiger partial charge in [0.2, 0.25) is 0 Å². The molecule has 1 aliphatic carbocycles. The molecule has 1 heterocycles. The maximum absolute atomic E-state index is 5.52. The van der Waals surface area contributed by atoms with Crippen LogP contribution in [0.15, 0.2) is 4.99 Å². The Labute approximate surface area is 151 Å². The van der Waals surface area contributed by atoms with E-state index in [-0.39, 0.29) is 0 Å². The molecule has 0 aliphatic heterocycles. The van der Waals surface area contributed by atoms with Gasteiger partial charge in [0, 0.05) is 33.4 Å². The van der Waals surface area contributed by atoms with Crippen LogP contribution in [-0.2, 0) is 18.3 Å². The second-order valence-corrected chi connectivity index (χ2v) is 6.97. The first kappa shape index (κ1) is 19.7. The molecule has 7 nitrogen and oxygen atoms in total. The summed E-state index contributed by atoms with van der Waals surface area (Å²) in [7, 11) is 1.98. The fraction of sp³-hybridized carbons (Fsp3) is 0.833. The van der Waals surface area contributed by atoms with Crippen molar-refractivity contribution >= 4 is 5.96 Å². The minimum Gasteiger partial charge on any atom is -0.382 e. The fourth-order valence-corrected chi connectivity index (χ4v) is 2.69. The van der Waals surface area contributed by atoms with Crippen LogP contribution in [0.2, 0.25) is 0 Å². The lowest BCUT2D eigenvalue weighted by Crippen LogP contribution is -2.41. The van der Waals surface area contributed by atoms with Gasteiger partial charge in [-0.05, 0) is 44.9 Å². The van der Waals surface area contributed by atoms with Gasteiger partial charge < -0.3 is 19.9 Å². The smallest absolute Gasteiger partial charge is 0.191 e. The highest BCUT2D eigenvalue weighted by molar-refractivity contribution is 5.79. The third-order valence-corrected chi connectivity index (χ3v) is 4.95. The molecule has 0 atom stereocenters. The van der Waals surface area contributed by atoms with Crippen LogP contribution in [0.25, 0.3) is 0 Å². The number of rotatable bonds is 11. The van der Waals surface area contributed by atoms with E-state index in [1.807, 2.05) is 18.5 Å². The average molecular weight is 351 g/mol. The van der Waals surface area contributed by atoms with E-state index in [9.17, 15) is 0 Å². The van der Waals surface area contributed by atoms with E-state index in [2.05, 4.69) is 34.7 Å². The highest BCUT2D eigenvalue weighted by Crippen LogP contribution is 2.48. The summed E-state index contributed by atoms with van der Waals surface area (Å²) in [5.41, 5.74) is 0.393. The normalized spacial score (nSPS) is 16.1. The number of nitrogens with one attached hydrogen (secondary N) is 2. The Morgan fingerprint density at radius 2 is 2.08 bits per heavy atom. The lowest BCUT2D eigenvalue weighted by Gasteiger charge is -2.18. The molecule has 0 unspecified atom stereocenters. The molecular formula is C18H34N6O. The molecule has 0 aromatic carbocycles. The first-order chi connectivity index (χ1) is 12.1. The van der Waals surface area contributed by atoms with Gasteiger partial charge >= 0.3 is 0 Å². The minimum absolute atomic E-state index is 0.393. The van der Waals surface area contributed by atoms with Gasteiger partial charge in [-0.2, -0.15) is 0 Å². The maximum atomic E-state index is 5.52. The Morgan fingerprint density at radius 3 is 2.68 bits per heavy atom. The van der Waals surface area contributed by atoms with E-state index in [1.165, 1.54) is 19.3 Å². The zero-order valence-electron chi connectivity index (χ0n) is 16.3. The molecule has 2 N–H and O–H groups in total. The third-order valence-electron chi connectivity index (χ3n) is 4.95. The van der Waals surface area contributed by atoms with Crippen LogP contribution in [-0.4, -0.2) is 47.0 Å². The van der Waals surface area contributed by atoms with Crippen LogP contribution in [0.4, 0.5) is 0 Å². The number of guanidine groups is 1. The van der Waals surface area contributed by atoms with Crippen LogP contribution >= 0.6 is 0 Å². The molecule has 0 spiro atoms. The van der Waals surface area contributed by atoms with E-state index < -0.39 is 0 Å². The zero-order chi connectivity index (χ0) is 18.1. The number of aryl methyl sites for hydroxylation is 1. The summed E-state index contributed by atoms with van der Waals surface area (Å²) in [5, 5.41) is 15.2. The molecule has 0 saturated heterocycles. The largest absolute Gasteiger partial charge is 0.382 e. The molecular weight excluding hydrogens is 316 g/mol. The topological polar surface area (TPSA) is 76.4 Å². The van der Waals surface area contributed by atoms with Gasteiger partial charge in [-0.1, -0.05) is 13.3 Å². The van der Waals surface area contributed by atoms with Crippen molar-refractivity contribution in [2.45, 2.75) is 59.4 Å². The quantitative estimate of drug-likeness (QED) is 0.363. The first-order valence-corrected chi connectivity index (χ1v) is 9.55. The lowest BCUT2D eigenvalue weighted by atomic mass is 10.0. The molecule has 1 aliphatic rings. The first-order valence-electron chi connectivity index (χ1n) is 9.55. The summed E-state index contributed by atoms with van der Waals surface area (Å²) >= 11 is 0. The number of hydrogen-bond donors (Lipinski definition) is 2. The van der Waals surface area contributed by atoms with Crippen LogP contribution in [0.3, 0.4) is 0 Å². The Kier molecular flexibility index (Phi) is 7.68. The fourth-order valence-electron chi connectivity index (χ4n) is 2.69. The molecule has 0 radical (unpaired) electrons. The van der Waals surface area contributed by atoms with E-state index in [4.69, 9.17) is 9.73 Å². The molecule has 0 bridgehead atoms. The second-order valence-electron chi connectivity index (χ2n) is 6.97. The van der Waals surface area contributed by atoms with Gasteiger partial charge in [-0.15, -0.1) is 10.2 Å². The number of aromatic nitrogens is 3. The standard InChI is InChI=1S/C18H34N6O/c1-5-7-11-19-17(20-13-16-23-22-15(3)24(16)4)21-14-18(8-9-18)10-12-25-6-2/h5-14H2,1-4H3,(H2,19,20,21). The van der Waals surface area contributed by atoms with Gasteiger partial charge in [0.15, 0.2) is 11.8 Å². The van der Waals surface area contributed by atoms with Crippen molar-refractivity contribution in [1.82, 2.24) is 25.4 Å². The van der Waals surface area contributed by atoms with E-state index in [1.54, 1.807) is 0 Å². The highest BCUT2D eigenvalue weighted by atomic mass is 16.5. The highest BCUT2D eigenvalue weighted by Gasteiger charge is 2.41. The summed E-state index contributed by atoms with van der Waals surface area (Å²) in [6, 6.07) is 0. The molecule has 1 aromatic heterocycles. The third kappa shape index (κ3) is 6.30. The predicted molar refractivity (Wildman–Crippen MR) is 101 cm³/mol. The molecule has 1 fully saturated rings. The average Bonchev–Trinajstić information content (AvgIpc) is 3.31. The van der Waals surface area contributed by atoms with Crippen molar-refractivity contribution in [3.8, 4) is 0 Å². The predicted octanol–water partition coefficient (Wildman–Crippen LogP) is 2.17. The summed E-state index contributed by atoms with van der Waals surface area (Å²) in [6.07, 6.45) is 5.98. The number of nitrogens with zero attached hydrogens (tertiary/aromatic N) is 4. The number of unbranched alkanes of at least 4 members (excludes halogenated alkanes) is 1. The van der Waals surface area contributed by atoms with Crippen LogP contribution in [0.1, 0.15) is 57.6 Å². The van der Waals surface area contributed by atoms with Crippen LogP contribution in [0.5, 0.6) is 0 Å². The van der Waals surface area contributed by atoms with Crippen molar-refractivity contribution in [1.29, 1.82) is 0 Å².